The number of phenols is 2. The molecule has 17 heavy (non-hydrogen) atoms. The number of fused-ring (bicyclic) bond motifs is 2. The number of aromatic hydroxyl groups is 2. The largest absolute Gasteiger partial charge is 0.504 e. The quantitative estimate of drug-likeness (QED) is 0.472. The van der Waals surface area contributed by atoms with E-state index in [4.69, 9.17) is 0 Å². The Labute approximate surface area is 100 Å². The summed E-state index contributed by atoms with van der Waals surface area (Å²) < 4.78 is 1.54. The Morgan fingerprint density at radius 2 is 1.71 bits per heavy atom. The number of hydrogen-bond donors (Lipinski definition) is 2. The van der Waals surface area contributed by atoms with Crippen LogP contribution in [0, 0.1) is 0 Å². The van der Waals surface area contributed by atoms with E-state index in [0.29, 0.717) is 10.1 Å². The lowest BCUT2D eigenvalue weighted by molar-refractivity contribution is 0.408. The van der Waals surface area contributed by atoms with E-state index in [0.717, 1.165) is 4.70 Å². The van der Waals surface area contributed by atoms with Gasteiger partial charge in [0.1, 0.15) is 0 Å². The van der Waals surface area contributed by atoms with Gasteiger partial charge in [-0.3, -0.25) is 4.79 Å². The minimum Gasteiger partial charge on any atom is -0.504 e. The van der Waals surface area contributed by atoms with Crippen molar-refractivity contribution in [1.82, 2.24) is 0 Å². The lowest BCUT2D eigenvalue weighted by Crippen LogP contribution is -2.00. The van der Waals surface area contributed by atoms with E-state index in [1.54, 1.807) is 18.2 Å². The van der Waals surface area contributed by atoms with Gasteiger partial charge in [0.15, 0.2) is 16.9 Å². The summed E-state index contributed by atoms with van der Waals surface area (Å²) in [5.74, 6) is -0.605. The van der Waals surface area contributed by atoms with E-state index in [9.17, 15) is 15.0 Å². The number of rotatable bonds is 0. The maximum atomic E-state index is 12.2. The molecule has 1 aromatic heterocycles. The lowest BCUT2D eigenvalue weighted by atomic mass is 10.1. The van der Waals surface area contributed by atoms with Gasteiger partial charge in [0.25, 0.3) is 0 Å². The molecule has 2 aromatic carbocycles. The third-order valence-corrected chi connectivity index (χ3v) is 3.83. The molecule has 3 aromatic rings. The van der Waals surface area contributed by atoms with Crippen LogP contribution < -0.4 is 5.43 Å². The second-order valence-corrected chi connectivity index (χ2v) is 4.82. The van der Waals surface area contributed by atoms with Gasteiger partial charge in [0.2, 0.25) is 0 Å². The first-order chi connectivity index (χ1) is 8.18. The van der Waals surface area contributed by atoms with E-state index in [2.05, 4.69) is 0 Å². The zero-order chi connectivity index (χ0) is 12.0. The minimum atomic E-state index is -0.338. The number of phenolic OH excluding ortho intramolecular Hbond substituents is 2. The molecule has 0 bridgehead atoms. The molecule has 0 spiro atoms. The van der Waals surface area contributed by atoms with Crippen LogP contribution in [-0.4, -0.2) is 10.2 Å². The fraction of sp³-hybridized carbons (Fsp3) is 0. The van der Waals surface area contributed by atoms with E-state index in [1.807, 2.05) is 12.1 Å². The van der Waals surface area contributed by atoms with E-state index in [-0.39, 0.29) is 22.3 Å². The maximum Gasteiger partial charge on any atom is 0.199 e. The Hall–Kier alpha value is -2.07. The average molecular weight is 244 g/mol. The van der Waals surface area contributed by atoms with Gasteiger partial charge in [-0.25, -0.2) is 0 Å². The first-order valence-corrected chi connectivity index (χ1v) is 5.86. The van der Waals surface area contributed by atoms with Crippen LogP contribution in [0.4, 0.5) is 0 Å². The molecule has 0 aliphatic heterocycles. The Morgan fingerprint density at radius 3 is 2.53 bits per heavy atom. The fourth-order valence-electron chi connectivity index (χ4n) is 1.86. The van der Waals surface area contributed by atoms with Crippen molar-refractivity contribution in [3.05, 3.63) is 46.6 Å². The molecule has 3 rings (SSSR count). The van der Waals surface area contributed by atoms with Crippen LogP contribution in [0.5, 0.6) is 11.5 Å². The van der Waals surface area contributed by atoms with Gasteiger partial charge in [-0.2, -0.15) is 0 Å². The Kier molecular flexibility index (Phi) is 2.06. The van der Waals surface area contributed by atoms with Crippen molar-refractivity contribution in [3.63, 3.8) is 0 Å². The molecule has 0 atom stereocenters. The van der Waals surface area contributed by atoms with Gasteiger partial charge in [-0.1, -0.05) is 12.1 Å². The van der Waals surface area contributed by atoms with E-state index in [1.165, 1.54) is 17.4 Å². The molecule has 0 fully saturated rings. The zero-order valence-electron chi connectivity index (χ0n) is 8.68. The molecule has 84 valence electrons. The average Bonchev–Trinajstić information content (AvgIpc) is 2.34. The van der Waals surface area contributed by atoms with Crippen molar-refractivity contribution in [2.24, 2.45) is 0 Å². The summed E-state index contributed by atoms with van der Waals surface area (Å²) in [5.41, 5.74) is -0.247. The summed E-state index contributed by atoms with van der Waals surface area (Å²) in [4.78, 5) is 12.2. The summed E-state index contributed by atoms with van der Waals surface area (Å²) in [7, 11) is 0. The highest BCUT2D eigenvalue weighted by Gasteiger charge is 2.12. The molecular weight excluding hydrogens is 236 g/mol. The number of hydrogen-bond acceptors (Lipinski definition) is 4. The van der Waals surface area contributed by atoms with Crippen molar-refractivity contribution < 1.29 is 10.2 Å². The second kappa shape index (κ2) is 3.46. The summed E-state index contributed by atoms with van der Waals surface area (Å²) >= 11 is 1.42. The van der Waals surface area contributed by atoms with Crippen molar-refractivity contribution in [1.29, 1.82) is 0 Å². The predicted octanol–water partition coefficient (Wildman–Crippen LogP) is 2.83. The van der Waals surface area contributed by atoms with Crippen LogP contribution in [0.3, 0.4) is 0 Å². The molecule has 0 aliphatic rings. The number of benzene rings is 2. The molecule has 0 radical (unpaired) electrons. The van der Waals surface area contributed by atoms with Gasteiger partial charge in [0, 0.05) is 14.8 Å². The fourth-order valence-corrected chi connectivity index (χ4v) is 2.94. The molecule has 3 nitrogen and oxygen atoms in total. The molecule has 0 saturated carbocycles. The van der Waals surface area contributed by atoms with Crippen molar-refractivity contribution >= 4 is 31.5 Å². The van der Waals surface area contributed by atoms with E-state index >= 15 is 0 Å². The highest BCUT2D eigenvalue weighted by molar-refractivity contribution is 7.24. The SMILES string of the molecule is O=c1c2ccccc2sc2ccc(O)c(O)c12. The molecule has 0 aliphatic carbocycles. The van der Waals surface area contributed by atoms with Crippen molar-refractivity contribution in [3.8, 4) is 11.5 Å². The lowest BCUT2D eigenvalue weighted by Gasteiger charge is -2.03. The molecular formula is C13H8O3S. The molecule has 1 heterocycles. The third-order valence-electron chi connectivity index (χ3n) is 2.70. The Morgan fingerprint density at radius 1 is 0.941 bits per heavy atom. The molecule has 0 unspecified atom stereocenters. The normalized spacial score (nSPS) is 11.1. The van der Waals surface area contributed by atoms with E-state index < -0.39 is 0 Å². The standard InChI is InChI=1S/C13H8O3S/c14-8-5-6-10-11(13(8)16)12(15)7-3-1-2-4-9(7)17-10/h1-6,14,16H. The highest BCUT2D eigenvalue weighted by atomic mass is 32.1. The van der Waals surface area contributed by atoms with Gasteiger partial charge in [0.05, 0.1) is 5.39 Å². The van der Waals surface area contributed by atoms with Gasteiger partial charge in [-0.05, 0) is 24.3 Å². The second-order valence-electron chi connectivity index (χ2n) is 3.73. The Balaban J connectivity index is 2.66. The summed E-state index contributed by atoms with van der Waals surface area (Å²) in [6.07, 6.45) is 0. The van der Waals surface area contributed by atoms with Crippen LogP contribution >= 0.6 is 11.3 Å². The highest BCUT2D eigenvalue weighted by Crippen LogP contribution is 2.35. The van der Waals surface area contributed by atoms with Crippen molar-refractivity contribution in [2.75, 3.05) is 0 Å². The molecule has 2 N–H and O–H groups in total. The van der Waals surface area contributed by atoms with Crippen molar-refractivity contribution in [2.45, 2.75) is 0 Å². The van der Waals surface area contributed by atoms with Crippen LogP contribution in [0.15, 0.2) is 41.2 Å². The molecule has 4 heteroatoms. The third kappa shape index (κ3) is 1.38. The topological polar surface area (TPSA) is 57.5 Å². The Bertz CT molecular complexity index is 790. The summed E-state index contributed by atoms with van der Waals surface area (Å²) in [5, 5.41) is 19.9. The van der Waals surface area contributed by atoms with Crippen LogP contribution in [0.2, 0.25) is 0 Å². The first-order valence-electron chi connectivity index (χ1n) is 5.05. The zero-order valence-corrected chi connectivity index (χ0v) is 9.49. The maximum absolute atomic E-state index is 12.2. The first kappa shape index (κ1) is 10.1. The van der Waals surface area contributed by atoms with Gasteiger partial charge >= 0.3 is 0 Å². The van der Waals surface area contributed by atoms with Crippen LogP contribution in [0.1, 0.15) is 0 Å². The molecule has 0 amide bonds. The van der Waals surface area contributed by atoms with Gasteiger partial charge in [-0.15, -0.1) is 11.3 Å². The smallest absolute Gasteiger partial charge is 0.199 e. The minimum absolute atomic E-state index is 0.189. The van der Waals surface area contributed by atoms with Crippen LogP contribution in [0.25, 0.3) is 20.2 Å². The summed E-state index contributed by atoms with van der Waals surface area (Å²) in [6, 6.07) is 10.3. The predicted molar refractivity (Wildman–Crippen MR) is 68.9 cm³/mol. The molecule has 0 saturated heterocycles. The van der Waals surface area contributed by atoms with Gasteiger partial charge < -0.3 is 10.2 Å². The monoisotopic (exact) mass is 244 g/mol. The summed E-state index contributed by atoms with van der Waals surface area (Å²) in [6.45, 7) is 0. The van der Waals surface area contributed by atoms with Crippen LogP contribution in [-0.2, 0) is 0 Å².